The summed E-state index contributed by atoms with van der Waals surface area (Å²) >= 11 is 0. The molecule has 0 unspecified atom stereocenters. The van der Waals surface area contributed by atoms with E-state index in [0.29, 0.717) is 0 Å². The quantitative estimate of drug-likeness (QED) is 0.250. The van der Waals surface area contributed by atoms with E-state index in [9.17, 15) is 0 Å². The highest BCUT2D eigenvalue weighted by Gasteiger charge is 2.22. The summed E-state index contributed by atoms with van der Waals surface area (Å²) < 4.78 is 2.38. The summed E-state index contributed by atoms with van der Waals surface area (Å²) in [6.45, 7) is 8.27. The van der Waals surface area contributed by atoms with Crippen LogP contribution in [0.1, 0.15) is 90.9 Å². The second-order valence-corrected chi connectivity index (χ2v) is 6.84. The summed E-state index contributed by atoms with van der Waals surface area (Å²) in [5.41, 5.74) is 0. The van der Waals surface area contributed by atoms with Crippen molar-refractivity contribution in [3.8, 4) is 0 Å². The number of hydrogen-bond acceptors (Lipinski definition) is 1. The molecule has 0 aliphatic carbocycles. The van der Waals surface area contributed by atoms with Crippen LogP contribution in [0.15, 0.2) is 0 Å². The minimum absolute atomic E-state index is 0. The van der Waals surface area contributed by atoms with Crippen molar-refractivity contribution in [2.45, 2.75) is 90.9 Å². The number of rotatable bonds is 13. The summed E-state index contributed by atoms with van der Waals surface area (Å²) in [5, 5.41) is 0. The first-order valence-electron chi connectivity index (χ1n) is 9.55. The molecule has 0 aromatic heterocycles. The molecule has 1 aliphatic heterocycles. The largest absolute Gasteiger partial charge is 1.00 e. The Bertz CT molecular complexity index is 289. The van der Waals surface area contributed by atoms with E-state index < -0.39 is 0 Å². The lowest BCUT2D eigenvalue weighted by atomic mass is 10.1. The fourth-order valence-corrected chi connectivity index (χ4v) is 3.25. The predicted molar refractivity (Wildman–Crippen MR) is 94.4 cm³/mol. The van der Waals surface area contributed by atoms with Crippen LogP contribution < -0.4 is 24.0 Å². The van der Waals surface area contributed by atoms with E-state index >= 15 is 0 Å². The smallest absolute Gasteiger partial charge is 0.243 e. The van der Waals surface area contributed by atoms with Crippen LogP contribution in [-0.2, 0) is 0 Å². The molecule has 0 N–H and O–H groups in total. The molecule has 0 spiro atoms. The van der Waals surface area contributed by atoms with E-state index in [2.05, 4.69) is 30.4 Å². The van der Waals surface area contributed by atoms with Crippen LogP contribution in [0, 0.1) is 0 Å². The van der Waals surface area contributed by atoms with Gasteiger partial charge in [-0.25, -0.2) is 0 Å². The normalized spacial score (nSPS) is 14.6. The van der Waals surface area contributed by atoms with E-state index in [4.69, 9.17) is 0 Å². The molecule has 3 heteroatoms. The van der Waals surface area contributed by atoms with Gasteiger partial charge >= 0.3 is 0 Å². The van der Waals surface area contributed by atoms with Gasteiger partial charge in [-0.2, -0.15) is 0 Å². The Kier molecular flexibility index (Phi) is 14.9. The third kappa shape index (κ3) is 10.1. The van der Waals surface area contributed by atoms with Crippen LogP contribution in [0.4, 0.5) is 0 Å². The van der Waals surface area contributed by atoms with Gasteiger partial charge in [0.2, 0.25) is 5.84 Å². The molecule has 1 rings (SSSR count). The van der Waals surface area contributed by atoms with Gasteiger partial charge in [0.15, 0.2) is 0 Å². The first-order chi connectivity index (χ1) is 10.3. The van der Waals surface area contributed by atoms with Gasteiger partial charge in [-0.15, -0.1) is 0 Å². The van der Waals surface area contributed by atoms with Gasteiger partial charge in [-0.3, -0.25) is 9.48 Å². The number of likely N-dealkylation sites (N-methyl/N-ethyl adjacent to an activating group) is 1. The van der Waals surface area contributed by atoms with Gasteiger partial charge in [0.05, 0.1) is 13.6 Å². The molecule has 0 amide bonds. The standard InChI is InChI=1S/C19H39N2.HI/c1-4-5-6-7-8-9-10-11-12-13-14-15-16-21-18-17-20(3)19(21)2;/h4-18H2,1-3H3;1H/q+1;/p-1. The van der Waals surface area contributed by atoms with Gasteiger partial charge in [0, 0.05) is 6.92 Å². The van der Waals surface area contributed by atoms with Gasteiger partial charge in [0.1, 0.15) is 13.1 Å². The zero-order valence-corrected chi connectivity index (χ0v) is 17.5. The molecule has 0 saturated heterocycles. The molecule has 0 bridgehead atoms. The Morgan fingerprint density at radius 1 is 0.818 bits per heavy atom. The third-order valence-corrected chi connectivity index (χ3v) is 5.00. The molecular weight excluding hydrogens is 383 g/mol. The lowest BCUT2D eigenvalue weighted by molar-refractivity contribution is -0.487. The maximum absolute atomic E-state index is 2.55. The Morgan fingerprint density at radius 3 is 1.68 bits per heavy atom. The van der Waals surface area contributed by atoms with Crippen molar-refractivity contribution in [3.05, 3.63) is 0 Å². The van der Waals surface area contributed by atoms with Crippen molar-refractivity contribution < 1.29 is 28.6 Å². The topological polar surface area (TPSA) is 6.25 Å². The maximum atomic E-state index is 2.55. The number of halogens is 1. The molecule has 1 aliphatic rings. The van der Waals surface area contributed by atoms with E-state index in [1.54, 1.807) is 0 Å². The molecule has 132 valence electrons. The number of hydrogen-bond donors (Lipinski definition) is 0. The first kappa shape index (κ1) is 22.2. The highest BCUT2D eigenvalue weighted by molar-refractivity contribution is 5.75. The van der Waals surface area contributed by atoms with Crippen LogP contribution in [-0.4, -0.2) is 42.0 Å². The van der Waals surface area contributed by atoms with Crippen molar-refractivity contribution in [1.82, 2.24) is 4.90 Å². The van der Waals surface area contributed by atoms with E-state index in [1.165, 1.54) is 103 Å². The molecular formula is C19H39IN2. The van der Waals surface area contributed by atoms with Crippen molar-refractivity contribution in [3.63, 3.8) is 0 Å². The average molecular weight is 422 g/mol. The average Bonchev–Trinajstić information content (AvgIpc) is 2.80. The van der Waals surface area contributed by atoms with Crippen LogP contribution in [0.5, 0.6) is 0 Å². The highest BCUT2D eigenvalue weighted by Crippen LogP contribution is 2.12. The van der Waals surface area contributed by atoms with Crippen molar-refractivity contribution >= 4 is 5.84 Å². The van der Waals surface area contributed by atoms with Crippen molar-refractivity contribution in [2.75, 3.05) is 26.7 Å². The van der Waals surface area contributed by atoms with Gasteiger partial charge in [0.25, 0.3) is 0 Å². The summed E-state index contributed by atoms with van der Waals surface area (Å²) in [6, 6.07) is 0. The van der Waals surface area contributed by atoms with Gasteiger partial charge in [-0.1, -0.05) is 71.1 Å². The minimum atomic E-state index is 0. The lowest BCUT2D eigenvalue weighted by Gasteiger charge is -2.10. The second kappa shape index (κ2) is 14.8. The zero-order chi connectivity index (χ0) is 15.3. The van der Waals surface area contributed by atoms with Crippen LogP contribution >= 0.6 is 0 Å². The van der Waals surface area contributed by atoms with Gasteiger partial charge in [-0.05, 0) is 12.8 Å². The maximum Gasteiger partial charge on any atom is 0.243 e. The first-order valence-corrected chi connectivity index (χ1v) is 9.55. The Labute approximate surface area is 156 Å². The summed E-state index contributed by atoms with van der Waals surface area (Å²) in [7, 11) is 2.21. The summed E-state index contributed by atoms with van der Waals surface area (Å²) in [5.74, 6) is 1.47. The van der Waals surface area contributed by atoms with Crippen LogP contribution in [0.25, 0.3) is 0 Å². The predicted octanol–water partition coefficient (Wildman–Crippen LogP) is 2.07. The zero-order valence-electron chi connectivity index (χ0n) is 15.4. The van der Waals surface area contributed by atoms with Gasteiger partial charge < -0.3 is 24.0 Å². The highest BCUT2D eigenvalue weighted by atomic mass is 127. The van der Waals surface area contributed by atoms with Crippen molar-refractivity contribution in [2.24, 2.45) is 0 Å². The SMILES string of the molecule is CCCCCCCCCCCCCCN1CC[N+](C)=C1C.[I-]. The third-order valence-electron chi connectivity index (χ3n) is 5.00. The Balaban J connectivity index is 0.00000441. The van der Waals surface area contributed by atoms with Crippen LogP contribution in [0.2, 0.25) is 0 Å². The fourth-order valence-electron chi connectivity index (χ4n) is 3.25. The molecule has 2 nitrogen and oxygen atoms in total. The molecule has 0 saturated carbocycles. The Morgan fingerprint density at radius 2 is 1.27 bits per heavy atom. The fraction of sp³-hybridized carbons (Fsp3) is 0.947. The minimum Gasteiger partial charge on any atom is -1.00 e. The van der Waals surface area contributed by atoms with E-state index in [0.717, 1.165) is 0 Å². The number of nitrogens with zero attached hydrogens (tertiary/aromatic N) is 2. The molecule has 0 radical (unpaired) electrons. The van der Waals surface area contributed by atoms with Crippen molar-refractivity contribution in [1.29, 1.82) is 0 Å². The summed E-state index contributed by atoms with van der Waals surface area (Å²) in [6.07, 6.45) is 17.3. The second-order valence-electron chi connectivity index (χ2n) is 6.84. The van der Waals surface area contributed by atoms with E-state index in [1.807, 2.05) is 0 Å². The van der Waals surface area contributed by atoms with E-state index in [-0.39, 0.29) is 24.0 Å². The molecule has 0 atom stereocenters. The lowest BCUT2D eigenvalue weighted by Crippen LogP contribution is -3.00. The van der Waals surface area contributed by atoms with Crippen LogP contribution in [0.3, 0.4) is 0 Å². The number of unbranched alkanes of at least 4 members (excludes halogenated alkanes) is 11. The number of amidine groups is 1. The summed E-state index contributed by atoms with van der Waals surface area (Å²) in [4.78, 5) is 2.55. The molecule has 0 fully saturated rings. The Hall–Kier alpha value is 0.200. The molecule has 0 aromatic carbocycles. The molecule has 0 aromatic rings. The monoisotopic (exact) mass is 422 g/mol. The molecule has 1 heterocycles. The molecule has 22 heavy (non-hydrogen) atoms.